The molecule has 0 heterocycles. The number of carboxylic acid groups (broad SMARTS) is 3. The lowest BCUT2D eigenvalue weighted by atomic mass is 9.79. The van der Waals surface area contributed by atoms with Gasteiger partial charge in [-0.2, -0.15) is 0 Å². The molecule has 0 bridgehead atoms. The molecule has 6 nitrogen and oxygen atoms in total. The summed E-state index contributed by atoms with van der Waals surface area (Å²) in [6, 6.07) is 0. The topological polar surface area (TPSA) is 112 Å². The van der Waals surface area contributed by atoms with E-state index in [4.69, 9.17) is 15.3 Å². The van der Waals surface area contributed by atoms with Crippen LogP contribution in [0.1, 0.15) is 26.7 Å². The van der Waals surface area contributed by atoms with Gasteiger partial charge in [0.15, 0.2) is 0 Å². The van der Waals surface area contributed by atoms with Gasteiger partial charge in [-0.15, -0.1) is 0 Å². The summed E-state index contributed by atoms with van der Waals surface area (Å²) >= 11 is 0. The molecular formula is C9H14O6. The predicted octanol–water partition coefficient (Wildman–Crippen LogP) is 0.663. The quantitative estimate of drug-likeness (QED) is 0.603. The third kappa shape index (κ3) is 3.97. The van der Waals surface area contributed by atoms with E-state index >= 15 is 0 Å². The van der Waals surface area contributed by atoms with E-state index in [0.717, 1.165) is 0 Å². The fourth-order valence-corrected chi connectivity index (χ4v) is 1.33. The molecule has 0 aromatic heterocycles. The highest BCUT2D eigenvalue weighted by Crippen LogP contribution is 2.30. The maximum atomic E-state index is 10.9. The van der Waals surface area contributed by atoms with E-state index in [1.165, 1.54) is 13.8 Å². The minimum Gasteiger partial charge on any atom is -0.481 e. The second-order valence-corrected chi connectivity index (χ2v) is 3.88. The summed E-state index contributed by atoms with van der Waals surface area (Å²) in [6.45, 7) is 2.59. The van der Waals surface area contributed by atoms with Crippen molar-refractivity contribution < 1.29 is 29.7 Å². The fourth-order valence-electron chi connectivity index (χ4n) is 1.33. The SMILES string of the molecule is CC(CC(C)(CC(=O)O)C(=O)O)C(=O)O. The number of carbonyl (C=O) groups is 3. The monoisotopic (exact) mass is 218 g/mol. The molecule has 0 saturated heterocycles. The van der Waals surface area contributed by atoms with E-state index in [1.54, 1.807) is 0 Å². The lowest BCUT2D eigenvalue weighted by molar-refractivity contribution is -0.157. The van der Waals surface area contributed by atoms with Crippen molar-refractivity contribution in [1.82, 2.24) is 0 Å². The molecule has 0 spiro atoms. The number of rotatable bonds is 6. The Labute approximate surface area is 86.5 Å². The van der Waals surface area contributed by atoms with E-state index in [-0.39, 0.29) is 6.42 Å². The molecule has 0 amide bonds. The molecule has 0 aromatic carbocycles. The van der Waals surface area contributed by atoms with Crippen LogP contribution in [0.2, 0.25) is 0 Å². The minimum atomic E-state index is -1.54. The van der Waals surface area contributed by atoms with E-state index in [0.29, 0.717) is 0 Å². The van der Waals surface area contributed by atoms with E-state index in [2.05, 4.69) is 0 Å². The largest absolute Gasteiger partial charge is 0.481 e. The maximum Gasteiger partial charge on any atom is 0.309 e. The summed E-state index contributed by atoms with van der Waals surface area (Å²) in [6.07, 6.45) is -0.788. The lowest BCUT2D eigenvalue weighted by Gasteiger charge is -2.24. The Bertz CT molecular complexity index is 284. The van der Waals surface area contributed by atoms with Gasteiger partial charge in [-0.05, 0) is 13.3 Å². The summed E-state index contributed by atoms with van der Waals surface area (Å²) < 4.78 is 0. The van der Waals surface area contributed by atoms with Gasteiger partial charge in [0.25, 0.3) is 0 Å². The van der Waals surface area contributed by atoms with Crippen molar-refractivity contribution in [1.29, 1.82) is 0 Å². The van der Waals surface area contributed by atoms with Crippen molar-refractivity contribution in [2.24, 2.45) is 11.3 Å². The van der Waals surface area contributed by atoms with Crippen LogP contribution in [0.3, 0.4) is 0 Å². The standard InChI is InChI=1S/C9H14O6/c1-5(7(12)13)3-9(2,8(14)15)4-6(10)11/h5H,3-4H2,1-2H3,(H,10,11)(H,12,13)(H,14,15). The molecule has 3 N–H and O–H groups in total. The lowest BCUT2D eigenvalue weighted by Crippen LogP contribution is -2.33. The van der Waals surface area contributed by atoms with Crippen molar-refractivity contribution >= 4 is 17.9 Å². The van der Waals surface area contributed by atoms with Crippen molar-refractivity contribution in [3.8, 4) is 0 Å². The van der Waals surface area contributed by atoms with Crippen LogP contribution in [0, 0.1) is 11.3 Å². The first-order valence-corrected chi connectivity index (χ1v) is 4.37. The van der Waals surface area contributed by atoms with Crippen molar-refractivity contribution in [2.45, 2.75) is 26.7 Å². The van der Waals surface area contributed by atoms with Crippen molar-refractivity contribution in [3.63, 3.8) is 0 Å². The Balaban J connectivity index is 4.73. The second-order valence-electron chi connectivity index (χ2n) is 3.88. The van der Waals surface area contributed by atoms with E-state index in [1.807, 2.05) is 0 Å². The zero-order valence-corrected chi connectivity index (χ0v) is 8.56. The van der Waals surface area contributed by atoms with Crippen LogP contribution in [0.25, 0.3) is 0 Å². The second kappa shape index (κ2) is 4.77. The first kappa shape index (κ1) is 13.4. The van der Waals surface area contributed by atoms with Gasteiger partial charge >= 0.3 is 17.9 Å². The summed E-state index contributed by atoms with van der Waals surface area (Å²) in [4.78, 5) is 31.9. The first-order valence-electron chi connectivity index (χ1n) is 4.37. The van der Waals surface area contributed by atoms with E-state index in [9.17, 15) is 14.4 Å². The normalized spacial score (nSPS) is 16.4. The van der Waals surface area contributed by atoms with Gasteiger partial charge in [0, 0.05) is 0 Å². The third-order valence-corrected chi connectivity index (χ3v) is 2.24. The van der Waals surface area contributed by atoms with Gasteiger partial charge < -0.3 is 15.3 Å². The highest BCUT2D eigenvalue weighted by Gasteiger charge is 2.38. The molecule has 0 aromatic rings. The first-order chi connectivity index (χ1) is 6.69. The van der Waals surface area contributed by atoms with Crippen LogP contribution >= 0.6 is 0 Å². The minimum absolute atomic E-state index is 0.204. The molecule has 0 rings (SSSR count). The third-order valence-electron chi connectivity index (χ3n) is 2.24. The van der Waals surface area contributed by atoms with Gasteiger partial charge in [0.05, 0.1) is 17.8 Å². The molecule has 0 aliphatic rings. The zero-order valence-electron chi connectivity index (χ0n) is 8.56. The summed E-state index contributed by atoms with van der Waals surface area (Å²) in [5.74, 6) is -4.56. The van der Waals surface area contributed by atoms with Gasteiger partial charge in [0.1, 0.15) is 0 Å². The average molecular weight is 218 g/mol. The summed E-state index contributed by atoms with van der Waals surface area (Å²) in [5.41, 5.74) is -1.54. The van der Waals surface area contributed by atoms with Gasteiger partial charge in [0.2, 0.25) is 0 Å². The fraction of sp³-hybridized carbons (Fsp3) is 0.667. The molecule has 0 aliphatic carbocycles. The summed E-state index contributed by atoms with van der Waals surface area (Å²) in [5, 5.41) is 26.0. The molecule has 2 atom stereocenters. The molecular weight excluding hydrogens is 204 g/mol. The highest BCUT2D eigenvalue weighted by atomic mass is 16.4. The molecule has 0 saturated carbocycles. The van der Waals surface area contributed by atoms with Crippen LogP contribution in [-0.2, 0) is 14.4 Å². The predicted molar refractivity (Wildman–Crippen MR) is 49.4 cm³/mol. The maximum absolute atomic E-state index is 10.9. The number of aliphatic carboxylic acids is 3. The molecule has 15 heavy (non-hydrogen) atoms. The molecule has 6 heteroatoms. The van der Waals surface area contributed by atoms with Crippen LogP contribution in [-0.4, -0.2) is 33.2 Å². The molecule has 0 fully saturated rings. The average Bonchev–Trinajstić information content (AvgIpc) is 2.01. The Hall–Kier alpha value is -1.59. The van der Waals surface area contributed by atoms with Crippen molar-refractivity contribution in [2.75, 3.05) is 0 Å². The van der Waals surface area contributed by atoms with Crippen molar-refractivity contribution in [3.05, 3.63) is 0 Å². The Morgan fingerprint density at radius 1 is 1.20 bits per heavy atom. The van der Waals surface area contributed by atoms with Gasteiger partial charge in [-0.3, -0.25) is 14.4 Å². The van der Waals surface area contributed by atoms with E-state index < -0.39 is 35.7 Å². The zero-order chi connectivity index (χ0) is 12.2. The Morgan fingerprint density at radius 2 is 1.67 bits per heavy atom. The number of hydrogen-bond donors (Lipinski definition) is 3. The number of hydrogen-bond acceptors (Lipinski definition) is 3. The number of carboxylic acids is 3. The molecule has 2 unspecified atom stereocenters. The highest BCUT2D eigenvalue weighted by molar-refractivity contribution is 5.82. The van der Waals surface area contributed by atoms with Crippen LogP contribution in [0.5, 0.6) is 0 Å². The Morgan fingerprint density at radius 3 is 1.93 bits per heavy atom. The molecule has 0 aliphatic heterocycles. The summed E-state index contributed by atoms with van der Waals surface area (Å²) in [7, 11) is 0. The Kier molecular flexibility index (Phi) is 4.26. The van der Waals surface area contributed by atoms with Crippen LogP contribution < -0.4 is 0 Å². The molecule has 86 valence electrons. The van der Waals surface area contributed by atoms with Crippen LogP contribution in [0.15, 0.2) is 0 Å². The van der Waals surface area contributed by atoms with Crippen LogP contribution in [0.4, 0.5) is 0 Å². The molecule has 0 radical (unpaired) electrons. The smallest absolute Gasteiger partial charge is 0.309 e. The van der Waals surface area contributed by atoms with Gasteiger partial charge in [-0.1, -0.05) is 6.92 Å². The van der Waals surface area contributed by atoms with Gasteiger partial charge in [-0.25, -0.2) is 0 Å².